The number of aromatic nitrogens is 3. The van der Waals surface area contributed by atoms with Crippen LogP contribution < -0.4 is 0 Å². The van der Waals surface area contributed by atoms with Crippen LogP contribution in [0.5, 0.6) is 5.75 Å². The first-order chi connectivity index (χ1) is 31.5. The van der Waals surface area contributed by atoms with E-state index in [-0.39, 0.29) is 49.8 Å². The first-order valence-corrected chi connectivity index (χ1v) is 20.3. The second-order valence-corrected chi connectivity index (χ2v) is 15.9. The Labute approximate surface area is 382 Å². The number of hydrogen-bond acceptors (Lipinski definition) is 3. The minimum Gasteiger partial charge on any atom is -0.507 e. The summed E-state index contributed by atoms with van der Waals surface area (Å²) in [6.07, 6.45) is 1.74. The van der Waals surface area contributed by atoms with E-state index >= 15 is 0 Å². The van der Waals surface area contributed by atoms with Crippen molar-refractivity contribution >= 4 is 11.0 Å². The van der Waals surface area contributed by atoms with Crippen molar-refractivity contribution < 1.29 is 34.4 Å². The van der Waals surface area contributed by atoms with E-state index in [0.29, 0.717) is 33.8 Å². The van der Waals surface area contributed by atoms with Crippen LogP contribution in [0.2, 0.25) is 0 Å². The molecule has 0 aliphatic heterocycles. The van der Waals surface area contributed by atoms with Crippen molar-refractivity contribution in [2.24, 2.45) is 0 Å². The zero-order valence-electron chi connectivity index (χ0n) is 40.3. The largest absolute Gasteiger partial charge is 0.507 e. The summed E-state index contributed by atoms with van der Waals surface area (Å²) >= 11 is 0. The molecule has 2 aromatic heterocycles. The average Bonchev–Trinajstić information content (AvgIpc) is 3.70. The Balaban J connectivity index is 0.00000608. The van der Waals surface area contributed by atoms with E-state index in [2.05, 4.69) is 50.2 Å². The van der Waals surface area contributed by atoms with Crippen molar-refractivity contribution in [2.75, 3.05) is 0 Å². The van der Waals surface area contributed by atoms with Gasteiger partial charge in [-0.05, 0) is 100 Å². The van der Waals surface area contributed by atoms with Crippen molar-refractivity contribution in [3.63, 3.8) is 0 Å². The van der Waals surface area contributed by atoms with Gasteiger partial charge < -0.3 is 5.11 Å². The molecule has 61 heavy (non-hydrogen) atoms. The minimum atomic E-state index is -2.51. The van der Waals surface area contributed by atoms with Gasteiger partial charge in [-0.2, -0.15) is 0 Å². The summed E-state index contributed by atoms with van der Waals surface area (Å²) in [5, 5.41) is 12.2. The van der Waals surface area contributed by atoms with Gasteiger partial charge in [-0.25, -0.2) is 4.98 Å². The Morgan fingerprint density at radius 3 is 1.95 bits per heavy atom. The minimum absolute atomic E-state index is 0. The molecule has 1 N–H and O–H groups in total. The third-order valence-corrected chi connectivity index (χ3v) is 11.2. The fraction of sp³-hybridized carbons (Fsp3) is 0.143. The monoisotopic (exact) mass is 979 g/mol. The molecular weight excluding hydrogens is 926 g/mol. The first-order valence-electron chi connectivity index (χ1n) is 23.3. The molecule has 0 spiro atoms. The number of aromatic hydroxyl groups is 1. The fourth-order valence-electron chi connectivity index (χ4n) is 7.98. The number of imidazole rings is 1. The van der Waals surface area contributed by atoms with Crippen molar-refractivity contribution in [2.45, 2.75) is 53.2 Å². The van der Waals surface area contributed by atoms with Crippen molar-refractivity contribution in [1.29, 1.82) is 0 Å². The number of phenolic OH excluding ortho intramolecular Hbond substituents is 1. The Bertz CT molecular complexity index is 3230. The van der Waals surface area contributed by atoms with Gasteiger partial charge in [0.1, 0.15) is 11.6 Å². The number of para-hydroxylation sites is 1. The molecule has 0 aliphatic carbocycles. The number of phenols is 1. The summed E-state index contributed by atoms with van der Waals surface area (Å²) < 4.78 is 52.1. The van der Waals surface area contributed by atoms with Crippen LogP contribution in [0, 0.1) is 19.8 Å². The summed E-state index contributed by atoms with van der Waals surface area (Å²) in [5.74, 6) is 0.638. The number of rotatable bonds is 9. The van der Waals surface area contributed by atoms with Crippen LogP contribution in [0.4, 0.5) is 0 Å². The van der Waals surface area contributed by atoms with Gasteiger partial charge in [0.05, 0.1) is 22.3 Å². The van der Waals surface area contributed by atoms with Crippen LogP contribution in [0.1, 0.15) is 70.0 Å². The number of aryl methyl sites for hydroxylation is 2. The van der Waals surface area contributed by atoms with Crippen molar-refractivity contribution in [1.82, 2.24) is 14.5 Å². The van der Waals surface area contributed by atoms with Gasteiger partial charge in [0.2, 0.25) is 0 Å². The molecule has 7 aromatic carbocycles. The molecule has 0 saturated carbocycles. The molecule has 0 bridgehead atoms. The summed E-state index contributed by atoms with van der Waals surface area (Å²) in [6.45, 7) is 3.61. The normalized spacial score (nSPS) is 13.2. The molecule has 9 rings (SSSR count). The predicted octanol–water partition coefficient (Wildman–Crippen LogP) is 14.8. The molecule has 304 valence electrons. The molecule has 0 unspecified atom stereocenters. The summed E-state index contributed by atoms with van der Waals surface area (Å²) in [7, 11) is 0. The van der Waals surface area contributed by atoms with Crippen LogP contribution >= 0.6 is 0 Å². The molecule has 5 heteroatoms. The second-order valence-electron chi connectivity index (χ2n) is 15.9. The molecule has 0 amide bonds. The molecule has 4 nitrogen and oxygen atoms in total. The Kier molecular flexibility index (Phi) is 9.76. The van der Waals surface area contributed by atoms with E-state index in [0.717, 1.165) is 61.2 Å². The van der Waals surface area contributed by atoms with Crippen LogP contribution in [-0.4, -0.2) is 19.6 Å². The van der Waals surface area contributed by atoms with Crippen LogP contribution in [0.15, 0.2) is 164 Å². The SMILES string of the molecule is [2H]C([2H])([2H])c1ccc(-c2ccnc(-c3[c-]c(-c4cccc5c4nc(-c4cc(C(C)C)cc(C(C)C)c4O)n5-c4ccc(-c5ccccc5)cc4C([2H])([2H])[2H])cc(-c4ccccc4)c3)c2)cc1.[Pt]. The van der Waals surface area contributed by atoms with Crippen molar-refractivity contribution in [3.8, 4) is 78.6 Å². The maximum absolute atomic E-state index is 12.2. The summed E-state index contributed by atoms with van der Waals surface area (Å²) in [4.78, 5) is 10.2. The summed E-state index contributed by atoms with van der Waals surface area (Å²) in [6, 6.07) is 53.9. The van der Waals surface area contributed by atoms with E-state index in [4.69, 9.17) is 18.2 Å². The Morgan fingerprint density at radius 2 is 1.26 bits per heavy atom. The first kappa shape index (κ1) is 34.4. The van der Waals surface area contributed by atoms with Gasteiger partial charge in [0, 0.05) is 41.2 Å². The van der Waals surface area contributed by atoms with Gasteiger partial charge in [-0.1, -0.05) is 165 Å². The van der Waals surface area contributed by atoms with Crippen molar-refractivity contribution in [3.05, 3.63) is 192 Å². The molecule has 0 saturated heterocycles. The number of nitrogens with zero attached hydrogens (tertiary/aromatic N) is 3. The molecule has 0 fully saturated rings. The van der Waals surface area contributed by atoms with E-state index in [1.807, 2.05) is 128 Å². The predicted molar refractivity (Wildman–Crippen MR) is 250 cm³/mol. The van der Waals surface area contributed by atoms with E-state index < -0.39 is 13.7 Å². The quantitative estimate of drug-likeness (QED) is 0.147. The zero-order chi connectivity index (χ0) is 46.5. The Morgan fingerprint density at radius 1 is 0.590 bits per heavy atom. The smallest absolute Gasteiger partial charge is 0.148 e. The van der Waals surface area contributed by atoms with Gasteiger partial charge in [0.15, 0.2) is 0 Å². The van der Waals surface area contributed by atoms with Crippen LogP contribution in [-0.2, 0) is 21.1 Å². The summed E-state index contributed by atoms with van der Waals surface area (Å²) in [5.41, 5.74) is 12.6. The molecule has 0 atom stereocenters. The maximum atomic E-state index is 12.2. The third kappa shape index (κ3) is 8.13. The van der Waals surface area contributed by atoms with Gasteiger partial charge >= 0.3 is 0 Å². The van der Waals surface area contributed by atoms with Crippen LogP contribution in [0.3, 0.4) is 0 Å². The van der Waals surface area contributed by atoms with E-state index in [9.17, 15) is 5.11 Å². The Hall–Kier alpha value is -6.35. The van der Waals surface area contributed by atoms with E-state index in [1.165, 1.54) is 0 Å². The topological polar surface area (TPSA) is 50.9 Å². The molecular formula is C56H48N3OPt-. The maximum Gasteiger partial charge on any atom is 0.148 e. The number of benzene rings is 7. The molecule has 0 radical (unpaired) electrons. The fourth-order valence-corrected chi connectivity index (χ4v) is 7.98. The third-order valence-electron chi connectivity index (χ3n) is 11.2. The number of hydrogen-bond donors (Lipinski definition) is 1. The molecule has 9 aromatic rings. The molecule has 0 aliphatic rings. The number of fused-ring (bicyclic) bond motifs is 1. The zero-order valence-corrected chi connectivity index (χ0v) is 36.6. The molecule has 2 heterocycles. The van der Waals surface area contributed by atoms with Gasteiger partial charge in [0.25, 0.3) is 0 Å². The van der Waals surface area contributed by atoms with Crippen LogP contribution in [0.25, 0.3) is 83.9 Å². The van der Waals surface area contributed by atoms with E-state index in [1.54, 1.807) is 24.4 Å². The number of pyridine rings is 1. The standard InChI is InChI=1S/C56H48N3O.Pt/c1-35(2)44-32-49(36(3)4)55(60)50(33-44)56-58-54-48(18-13-19-53(54)59(56)52-25-24-42(28-38(52)6)39-14-9-7-10-15-39)46-29-45(40-16-11-8-12-17-40)30-47(31-46)51-34-43(26-27-57-51)41-22-20-37(5)21-23-41;/h7-30,32-36,60H,1-6H3;/q-1;/i5D3,6D3;. The van der Waals surface area contributed by atoms with Gasteiger partial charge in [-0.3, -0.25) is 9.55 Å². The average molecular weight is 980 g/mol. The second kappa shape index (κ2) is 17.3. The van der Waals surface area contributed by atoms with Gasteiger partial charge in [-0.15, -0.1) is 23.8 Å².